The Morgan fingerprint density at radius 1 is 0.903 bits per heavy atom. The summed E-state index contributed by atoms with van der Waals surface area (Å²) in [4.78, 5) is 29.4. The van der Waals surface area contributed by atoms with Crippen molar-refractivity contribution in [1.82, 2.24) is 20.4 Å². The van der Waals surface area contributed by atoms with Gasteiger partial charge >= 0.3 is 0 Å². The van der Waals surface area contributed by atoms with Crippen LogP contribution < -0.4 is 15.6 Å². The molecule has 1 heterocycles. The van der Waals surface area contributed by atoms with Gasteiger partial charge in [0.1, 0.15) is 11.6 Å². The highest BCUT2D eigenvalue weighted by Gasteiger charge is 2.14. The van der Waals surface area contributed by atoms with Gasteiger partial charge < -0.3 is 4.74 Å². The molecule has 0 spiro atoms. The first kappa shape index (κ1) is 20.2. The van der Waals surface area contributed by atoms with Crippen LogP contribution in [0.4, 0.5) is 0 Å². The summed E-state index contributed by atoms with van der Waals surface area (Å²) in [6.07, 6.45) is 0. The quantitative estimate of drug-likeness (QED) is 0.487. The average Bonchev–Trinajstić information content (AvgIpc) is 3.13. The predicted molar refractivity (Wildman–Crippen MR) is 118 cm³/mol. The summed E-state index contributed by atoms with van der Waals surface area (Å²) in [6, 6.07) is 21.9. The molecule has 0 unspecified atom stereocenters. The Bertz CT molecular complexity index is 1230. The minimum Gasteiger partial charge on any atom is -0.494 e. The van der Waals surface area contributed by atoms with Gasteiger partial charge in [0.05, 0.1) is 17.6 Å². The summed E-state index contributed by atoms with van der Waals surface area (Å²) in [7, 11) is 0. The summed E-state index contributed by atoms with van der Waals surface area (Å²) >= 11 is 0. The second-order valence-corrected chi connectivity index (χ2v) is 6.90. The van der Waals surface area contributed by atoms with Gasteiger partial charge in [-0.05, 0) is 68.4 Å². The number of para-hydroxylation sites is 1. The number of aryl methyl sites for hydroxylation is 1. The van der Waals surface area contributed by atoms with Gasteiger partial charge in [0.25, 0.3) is 11.8 Å². The predicted octanol–water partition coefficient (Wildman–Crippen LogP) is 3.81. The topological polar surface area (TPSA) is 85.2 Å². The number of hydrogen-bond donors (Lipinski definition) is 2. The largest absolute Gasteiger partial charge is 0.494 e. The number of hydrogen-bond acceptors (Lipinski definition) is 4. The highest BCUT2D eigenvalue weighted by atomic mass is 16.5. The van der Waals surface area contributed by atoms with E-state index in [0.29, 0.717) is 29.0 Å². The molecule has 0 fully saturated rings. The van der Waals surface area contributed by atoms with Crippen molar-refractivity contribution in [2.24, 2.45) is 0 Å². The number of nitrogens with one attached hydrogen (secondary N) is 2. The normalized spacial score (nSPS) is 10.6. The van der Waals surface area contributed by atoms with E-state index in [1.165, 1.54) is 0 Å². The number of amides is 2. The van der Waals surface area contributed by atoms with Crippen LogP contribution in [0, 0.1) is 6.92 Å². The zero-order valence-corrected chi connectivity index (χ0v) is 17.3. The first-order valence-corrected chi connectivity index (χ1v) is 9.95. The third-order valence-electron chi connectivity index (χ3n) is 4.82. The fourth-order valence-corrected chi connectivity index (χ4v) is 3.37. The minimum absolute atomic E-state index is 0.400. The van der Waals surface area contributed by atoms with E-state index in [-0.39, 0.29) is 0 Å². The second-order valence-electron chi connectivity index (χ2n) is 6.90. The van der Waals surface area contributed by atoms with Crippen molar-refractivity contribution in [3.63, 3.8) is 0 Å². The number of hydrazine groups is 1. The van der Waals surface area contributed by atoms with E-state index >= 15 is 0 Å². The SMILES string of the molecule is CCOc1ccc(C(=O)NNC(=O)c2ccc3c(c2)nc(C)n3-c2ccccc2)cc1. The lowest BCUT2D eigenvalue weighted by atomic mass is 10.2. The van der Waals surface area contributed by atoms with Crippen molar-refractivity contribution >= 4 is 22.8 Å². The molecule has 0 aliphatic carbocycles. The zero-order valence-electron chi connectivity index (χ0n) is 17.3. The van der Waals surface area contributed by atoms with Gasteiger partial charge in [0.2, 0.25) is 0 Å². The molecule has 156 valence electrons. The molecule has 0 saturated carbocycles. The lowest BCUT2D eigenvalue weighted by Gasteiger charge is -2.09. The number of rotatable bonds is 5. The monoisotopic (exact) mass is 414 g/mol. The third-order valence-corrected chi connectivity index (χ3v) is 4.82. The smallest absolute Gasteiger partial charge is 0.269 e. The molecule has 0 atom stereocenters. The molecule has 31 heavy (non-hydrogen) atoms. The lowest BCUT2D eigenvalue weighted by Crippen LogP contribution is -2.41. The van der Waals surface area contributed by atoms with Crippen molar-refractivity contribution in [1.29, 1.82) is 0 Å². The molecule has 0 radical (unpaired) electrons. The van der Waals surface area contributed by atoms with Crippen LogP contribution in [0.25, 0.3) is 16.7 Å². The molecule has 0 aliphatic heterocycles. The van der Waals surface area contributed by atoms with Crippen molar-refractivity contribution in [2.75, 3.05) is 6.61 Å². The van der Waals surface area contributed by atoms with E-state index in [1.54, 1.807) is 36.4 Å². The Kier molecular flexibility index (Phi) is 5.66. The molecule has 2 amide bonds. The van der Waals surface area contributed by atoms with E-state index in [4.69, 9.17) is 4.74 Å². The average molecular weight is 414 g/mol. The highest BCUT2D eigenvalue weighted by Crippen LogP contribution is 2.22. The Labute approximate surface area is 179 Å². The summed E-state index contributed by atoms with van der Waals surface area (Å²) < 4.78 is 7.39. The number of aromatic nitrogens is 2. The molecular weight excluding hydrogens is 392 g/mol. The van der Waals surface area contributed by atoms with Gasteiger partial charge in [-0.25, -0.2) is 4.98 Å². The molecule has 7 heteroatoms. The first-order valence-electron chi connectivity index (χ1n) is 9.95. The van der Waals surface area contributed by atoms with Gasteiger partial charge in [-0.2, -0.15) is 0 Å². The van der Waals surface area contributed by atoms with E-state index in [2.05, 4.69) is 15.8 Å². The van der Waals surface area contributed by atoms with E-state index in [9.17, 15) is 9.59 Å². The molecule has 4 rings (SSSR count). The maximum Gasteiger partial charge on any atom is 0.269 e. The van der Waals surface area contributed by atoms with Crippen LogP contribution in [0.5, 0.6) is 5.75 Å². The summed E-state index contributed by atoms with van der Waals surface area (Å²) in [5, 5.41) is 0. The van der Waals surface area contributed by atoms with Gasteiger partial charge in [0, 0.05) is 16.8 Å². The summed E-state index contributed by atoms with van der Waals surface area (Å²) in [5.74, 6) is 0.666. The van der Waals surface area contributed by atoms with E-state index in [1.807, 2.05) is 54.8 Å². The number of carbonyl (C=O) groups excluding carboxylic acids is 2. The van der Waals surface area contributed by atoms with Crippen molar-refractivity contribution in [3.8, 4) is 11.4 Å². The fourth-order valence-electron chi connectivity index (χ4n) is 3.37. The van der Waals surface area contributed by atoms with Crippen LogP contribution in [-0.2, 0) is 0 Å². The van der Waals surface area contributed by atoms with Gasteiger partial charge in [0.15, 0.2) is 0 Å². The van der Waals surface area contributed by atoms with Crippen molar-refractivity contribution in [3.05, 3.63) is 89.7 Å². The first-order chi connectivity index (χ1) is 15.1. The fraction of sp³-hybridized carbons (Fsp3) is 0.125. The maximum atomic E-state index is 12.5. The second kappa shape index (κ2) is 8.71. The summed E-state index contributed by atoms with van der Waals surface area (Å²) in [5.41, 5.74) is 8.30. The lowest BCUT2D eigenvalue weighted by molar-refractivity contribution is 0.0846. The number of benzene rings is 3. The summed E-state index contributed by atoms with van der Waals surface area (Å²) in [6.45, 7) is 4.36. The zero-order chi connectivity index (χ0) is 21.8. The van der Waals surface area contributed by atoms with Crippen LogP contribution >= 0.6 is 0 Å². The van der Waals surface area contributed by atoms with Crippen LogP contribution in [0.3, 0.4) is 0 Å². The van der Waals surface area contributed by atoms with Gasteiger partial charge in [-0.15, -0.1) is 0 Å². The van der Waals surface area contributed by atoms with Gasteiger partial charge in [-0.1, -0.05) is 18.2 Å². The molecular formula is C24H22N4O3. The van der Waals surface area contributed by atoms with Crippen LogP contribution in [0.15, 0.2) is 72.8 Å². The highest BCUT2D eigenvalue weighted by molar-refractivity contribution is 6.00. The van der Waals surface area contributed by atoms with E-state index < -0.39 is 11.8 Å². The number of carbonyl (C=O) groups is 2. The number of nitrogens with zero attached hydrogens (tertiary/aromatic N) is 2. The van der Waals surface area contributed by atoms with Crippen molar-refractivity contribution in [2.45, 2.75) is 13.8 Å². The molecule has 3 aromatic carbocycles. The molecule has 4 aromatic rings. The van der Waals surface area contributed by atoms with Crippen LogP contribution in [0.1, 0.15) is 33.5 Å². The Balaban J connectivity index is 1.47. The number of imidazole rings is 1. The minimum atomic E-state index is -0.423. The molecule has 1 aromatic heterocycles. The Hall–Kier alpha value is -4.13. The molecule has 0 bridgehead atoms. The van der Waals surface area contributed by atoms with Gasteiger partial charge in [-0.3, -0.25) is 25.0 Å². The number of fused-ring (bicyclic) bond motifs is 1. The Morgan fingerprint density at radius 2 is 1.55 bits per heavy atom. The molecule has 2 N–H and O–H groups in total. The molecule has 7 nitrogen and oxygen atoms in total. The molecule has 0 saturated heterocycles. The van der Waals surface area contributed by atoms with Crippen molar-refractivity contribution < 1.29 is 14.3 Å². The Morgan fingerprint density at radius 3 is 2.23 bits per heavy atom. The van der Waals surface area contributed by atoms with Crippen LogP contribution in [-0.4, -0.2) is 28.0 Å². The van der Waals surface area contributed by atoms with E-state index in [0.717, 1.165) is 17.0 Å². The number of ether oxygens (including phenoxy) is 1. The van der Waals surface area contributed by atoms with Crippen LogP contribution in [0.2, 0.25) is 0 Å². The molecule has 0 aliphatic rings. The standard InChI is InChI=1S/C24H22N4O3/c1-3-31-20-12-9-17(10-13-20)23(29)26-27-24(30)18-11-14-22-21(15-18)25-16(2)28(22)19-7-5-4-6-8-19/h4-15H,3H2,1-2H3,(H,26,29)(H,27,30). The maximum absolute atomic E-state index is 12.5. The third kappa shape index (κ3) is 4.25.